The summed E-state index contributed by atoms with van der Waals surface area (Å²) in [5, 5.41) is 0. The van der Waals surface area contributed by atoms with Crippen LogP contribution in [0.15, 0.2) is 29.2 Å². The van der Waals surface area contributed by atoms with E-state index < -0.39 is 31.9 Å². The van der Waals surface area contributed by atoms with E-state index in [1.165, 1.54) is 35.7 Å². The van der Waals surface area contributed by atoms with Gasteiger partial charge in [0, 0.05) is 12.6 Å². The number of sulfone groups is 1. The van der Waals surface area contributed by atoms with Crippen molar-refractivity contribution in [1.82, 2.24) is 4.31 Å². The highest BCUT2D eigenvalue weighted by atomic mass is 32.2. The third kappa shape index (κ3) is 4.71. The molecular weight excluding hydrogens is 370 g/mol. The van der Waals surface area contributed by atoms with E-state index in [1.807, 2.05) is 0 Å². The number of carbonyl (C=O) groups is 1. The number of sulfonamides is 1. The maximum atomic E-state index is 12.8. The molecule has 1 atom stereocenters. The number of benzene rings is 1. The standard InChI is InChI=1S/C15H21NO7S2/c1-3-16(12-8-9-24(18,19)11-12)25(20,21)14-6-4-13(5-7-14)23-10-15(17)22-2/h4-7,12H,3,8-11H2,1-2H3/t12-/m1/s1. The van der Waals surface area contributed by atoms with E-state index in [9.17, 15) is 21.6 Å². The number of rotatable bonds is 7. The molecule has 1 aromatic carbocycles. The number of methoxy groups -OCH3 is 1. The Morgan fingerprint density at radius 2 is 1.92 bits per heavy atom. The molecule has 0 saturated carbocycles. The summed E-state index contributed by atoms with van der Waals surface area (Å²) < 4.78 is 59.7. The summed E-state index contributed by atoms with van der Waals surface area (Å²) in [4.78, 5) is 11.1. The van der Waals surface area contributed by atoms with Crippen LogP contribution in [0.1, 0.15) is 13.3 Å². The third-order valence-electron chi connectivity index (χ3n) is 3.94. The predicted octanol–water partition coefficient (Wildman–Crippen LogP) is 0.436. The predicted molar refractivity (Wildman–Crippen MR) is 90.6 cm³/mol. The minimum absolute atomic E-state index is 0.00396. The van der Waals surface area contributed by atoms with Crippen LogP contribution in [0.25, 0.3) is 0 Å². The maximum absolute atomic E-state index is 12.8. The molecule has 1 aliphatic rings. The van der Waals surface area contributed by atoms with E-state index in [0.717, 1.165) is 0 Å². The maximum Gasteiger partial charge on any atom is 0.343 e. The third-order valence-corrected chi connectivity index (χ3v) is 7.73. The van der Waals surface area contributed by atoms with Crippen LogP contribution in [0.4, 0.5) is 0 Å². The van der Waals surface area contributed by atoms with Crippen molar-refractivity contribution in [3.8, 4) is 5.75 Å². The van der Waals surface area contributed by atoms with Gasteiger partial charge < -0.3 is 9.47 Å². The molecule has 1 fully saturated rings. The van der Waals surface area contributed by atoms with Crippen molar-refractivity contribution >= 4 is 25.8 Å². The van der Waals surface area contributed by atoms with Crippen LogP contribution >= 0.6 is 0 Å². The SMILES string of the molecule is CCN([C@@H]1CCS(=O)(=O)C1)S(=O)(=O)c1ccc(OCC(=O)OC)cc1. The van der Waals surface area contributed by atoms with Crippen molar-refractivity contribution in [2.75, 3.05) is 31.8 Å². The van der Waals surface area contributed by atoms with E-state index in [0.29, 0.717) is 12.2 Å². The molecule has 10 heteroatoms. The molecule has 0 aromatic heterocycles. The smallest absolute Gasteiger partial charge is 0.343 e. The summed E-state index contributed by atoms with van der Waals surface area (Å²) >= 11 is 0. The van der Waals surface area contributed by atoms with E-state index in [1.54, 1.807) is 6.92 Å². The van der Waals surface area contributed by atoms with Crippen molar-refractivity contribution in [1.29, 1.82) is 0 Å². The summed E-state index contributed by atoms with van der Waals surface area (Å²) in [5.74, 6) is -0.364. The Morgan fingerprint density at radius 3 is 2.40 bits per heavy atom. The molecule has 0 spiro atoms. The summed E-state index contributed by atoms with van der Waals surface area (Å²) in [6, 6.07) is 5.07. The van der Waals surface area contributed by atoms with Gasteiger partial charge >= 0.3 is 5.97 Å². The Labute approximate surface area is 147 Å². The summed E-state index contributed by atoms with van der Waals surface area (Å²) in [6.07, 6.45) is 0.301. The van der Waals surface area contributed by atoms with Crippen LogP contribution in [-0.2, 0) is 29.4 Å². The van der Waals surface area contributed by atoms with Crippen LogP contribution in [0, 0.1) is 0 Å². The molecule has 140 valence electrons. The topological polar surface area (TPSA) is 107 Å². The Bertz CT molecular complexity index is 816. The summed E-state index contributed by atoms with van der Waals surface area (Å²) in [7, 11) is -5.76. The largest absolute Gasteiger partial charge is 0.482 e. The lowest BCUT2D eigenvalue weighted by Gasteiger charge is -2.26. The molecule has 25 heavy (non-hydrogen) atoms. The lowest BCUT2D eigenvalue weighted by atomic mass is 10.3. The molecule has 0 amide bonds. The molecule has 8 nitrogen and oxygen atoms in total. The minimum atomic E-state index is -3.82. The molecule has 1 aromatic rings. The lowest BCUT2D eigenvalue weighted by Crippen LogP contribution is -2.40. The normalized spacial score (nSPS) is 19.7. The van der Waals surface area contributed by atoms with E-state index in [2.05, 4.69) is 4.74 Å². The first kappa shape index (κ1) is 19.7. The van der Waals surface area contributed by atoms with Crippen molar-refractivity contribution in [3.63, 3.8) is 0 Å². The Morgan fingerprint density at radius 1 is 1.28 bits per heavy atom. The lowest BCUT2D eigenvalue weighted by molar-refractivity contribution is -0.142. The van der Waals surface area contributed by atoms with Gasteiger partial charge in [0.1, 0.15) is 5.75 Å². The molecule has 0 radical (unpaired) electrons. The van der Waals surface area contributed by atoms with Gasteiger partial charge in [-0.2, -0.15) is 4.31 Å². The molecule has 0 aliphatic carbocycles. The summed E-state index contributed by atoms with van der Waals surface area (Å²) in [5.41, 5.74) is 0. The number of nitrogens with zero attached hydrogens (tertiary/aromatic N) is 1. The van der Waals surface area contributed by atoms with E-state index >= 15 is 0 Å². The average molecular weight is 391 g/mol. The van der Waals surface area contributed by atoms with Crippen LogP contribution in [0.3, 0.4) is 0 Å². The first-order chi connectivity index (χ1) is 11.7. The van der Waals surface area contributed by atoms with Crippen LogP contribution in [-0.4, -0.2) is 64.9 Å². The molecule has 2 rings (SSSR count). The van der Waals surface area contributed by atoms with Gasteiger partial charge in [-0.05, 0) is 30.7 Å². The number of esters is 1. The van der Waals surface area contributed by atoms with Gasteiger partial charge in [0.15, 0.2) is 16.4 Å². The molecular formula is C15H21NO7S2. The number of hydrogen-bond acceptors (Lipinski definition) is 7. The van der Waals surface area contributed by atoms with Crippen LogP contribution < -0.4 is 4.74 Å². The number of ether oxygens (including phenoxy) is 2. The monoisotopic (exact) mass is 391 g/mol. The average Bonchev–Trinajstić information content (AvgIpc) is 2.93. The zero-order valence-corrected chi connectivity index (χ0v) is 15.7. The van der Waals surface area contributed by atoms with Gasteiger partial charge in [0.2, 0.25) is 10.0 Å². The van der Waals surface area contributed by atoms with E-state index in [-0.39, 0.29) is 29.6 Å². The Hall–Kier alpha value is -1.65. The molecule has 1 aliphatic heterocycles. The fourth-order valence-electron chi connectivity index (χ4n) is 2.67. The van der Waals surface area contributed by atoms with Crippen molar-refractivity contribution in [2.45, 2.75) is 24.3 Å². The van der Waals surface area contributed by atoms with E-state index in [4.69, 9.17) is 4.74 Å². The molecule has 0 N–H and O–H groups in total. The highest BCUT2D eigenvalue weighted by Crippen LogP contribution is 2.26. The second-order valence-corrected chi connectivity index (χ2v) is 9.72. The van der Waals surface area contributed by atoms with Gasteiger partial charge in [-0.15, -0.1) is 0 Å². The molecule has 1 heterocycles. The fourth-order valence-corrected chi connectivity index (χ4v) is 6.16. The Balaban J connectivity index is 2.16. The highest BCUT2D eigenvalue weighted by molar-refractivity contribution is 7.92. The van der Waals surface area contributed by atoms with Crippen LogP contribution in [0.2, 0.25) is 0 Å². The van der Waals surface area contributed by atoms with Crippen molar-refractivity contribution in [2.24, 2.45) is 0 Å². The van der Waals surface area contributed by atoms with Crippen molar-refractivity contribution in [3.05, 3.63) is 24.3 Å². The molecule has 1 saturated heterocycles. The zero-order chi connectivity index (χ0) is 18.7. The van der Waals surface area contributed by atoms with Gasteiger partial charge in [0.05, 0.1) is 23.5 Å². The van der Waals surface area contributed by atoms with Crippen LogP contribution in [0.5, 0.6) is 5.75 Å². The quantitative estimate of drug-likeness (QED) is 0.621. The van der Waals surface area contributed by atoms with Gasteiger partial charge in [-0.3, -0.25) is 0 Å². The summed E-state index contributed by atoms with van der Waals surface area (Å²) in [6.45, 7) is 1.59. The first-order valence-corrected chi connectivity index (χ1v) is 11.0. The highest BCUT2D eigenvalue weighted by Gasteiger charge is 2.37. The second kappa shape index (κ2) is 7.71. The van der Waals surface area contributed by atoms with Crippen molar-refractivity contribution < 1.29 is 31.1 Å². The number of carbonyl (C=O) groups excluding carboxylic acids is 1. The minimum Gasteiger partial charge on any atom is -0.482 e. The van der Waals surface area contributed by atoms with Gasteiger partial charge in [0.25, 0.3) is 0 Å². The zero-order valence-electron chi connectivity index (χ0n) is 14.0. The fraction of sp³-hybridized carbons (Fsp3) is 0.533. The Kier molecular flexibility index (Phi) is 6.07. The molecule has 0 bridgehead atoms. The number of hydrogen-bond donors (Lipinski definition) is 0. The molecule has 0 unspecified atom stereocenters. The van der Waals surface area contributed by atoms with Gasteiger partial charge in [-0.1, -0.05) is 6.92 Å². The second-order valence-electron chi connectivity index (χ2n) is 5.60. The van der Waals surface area contributed by atoms with Gasteiger partial charge in [-0.25, -0.2) is 21.6 Å². The first-order valence-electron chi connectivity index (χ1n) is 7.71.